The second-order valence-corrected chi connectivity index (χ2v) is 14.5. The van der Waals surface area contributed by atoms with E-state index in [0.29, 0.717) is 17.0 Å². The van der Waals surface area contributed by atoms with E-state index in [4.69, 9.17) is 27.9 Å². The van der Waals surface area contributed by atoms with Crippen LogP contribution in [0.4, 0.5) is 13.2 Å². The summed E-state index contributed by atoms with van der Waals surface area (Å²) in [5, 5.41) is 41.1. The molecule has 2 aromatic heterocycles. The highest BCUT2D eigenvalue weighted by Gasteiger charge is 2.54. The summed E-state index contributed by atoms with van der Waals surface area (Å²) in [6.07, 6.45) is 0.0678. The van der Waals surface area contributed by atoms with Crippen molar-refractivity contribution in [3.8, 4) is 11.3 Å². The number of benzene rings is 1. The highest BCUT2D eigenvalue weighted by Crippen LogP contribution is 2.61. The summed E-state index contributed by atoms with van der Waals surface area (Å²) >= 11 is 11.9. The Morgan fingerprint density at radius 2 is 1.93 bits per heavy atom. The molecule has 1 aromatic carbocycles. The molecule has 0 spiro atoms. The molecule has 8 nitrogen and oxygen atoms in total. The Labute approximate surface area is 254 Å². The van der Waals surface area contributed by atoms with Gasteiger partial charge >= 0.3 is 0 Å². The predicted molar refractivity (Wildman–Crippen MR) is 156 cm³/mol. The Morgan fingerprint density at radius 1 is 1.21 bits per heavy atom. The minimum absolute atomic E-state index is 0.00827. The number of ether oxygens (including phenoxy) is 1. The number of aryl methyl sites for hydroxylation is 1. The van der Waals surface area contributed by atoms with Gasteiger partial charge in [-0.3, -0.25) is 4.98 Å². The van der Waals surface area contributed by atoms with E-state index < -0.39 is 76.4 Å². The normalized spacial score (nSPS) is 28.9. The maximum absolute atomic E-state index is 14.3. The molecular weight excluding hydrogens is 616 g/mol. The van der Waals surface area contributed by atoms with Crippen LogP contribution in [0.3, 0.4) is 0 Å². The van der Waals surface area contributed by atoms with E-state index in [1.807, 2.05) is 13.0 Å². The summed E-state index contributed by atoms with van der Waals surface area (Å²) in [4.78, 5) is 4.58. The zero-order chi connectivity index (χ0) is 30.4. The van der Waals surface area contributed by atoms with Crippen LogP contribution in [-0.2, 0) is 4.74 Å². The molecule has 3 N–H and O–H groups in total. The van der Waals surface area contributed by atoms with Crippen LogP contribution >= 0.6 is 34.1 Å². The van der Waals surface area contributed by atoms with Gasteiger partial charge in [-0.05, 0) is 43.5 Å². The van der Waals surface area contributed by atoms with Gasteiger partial charge in [-0.25, -0.2) is 28.7 Å². The van der Waals surface area contributed by atoms with Crippen LogP contribution in [-0.4, -0.2) is 83.7 Å². The molecule has 1 aliphatic carbocycles. The van der Waals surface area contributed by atoms with Gasteiger partial charge in [-0.2, -0.15) is 0 Å². The van der Waals surface area contributed by atoms with Gasteiger partial charge in [0, 0.05) is 42.7 Å². The van der Waals surface area contributed by atoms with Crippen molar-refractivity contribution in [1.29, 1.82) is 0 Å². The molecule has 3 aromatic rings. The number of methoxy groups -OCH3 is 1. The van der Waals surface area contributed by atoms with Crippen LogP contribution in [0.5, 0.6) is 0 Å². The van der Waals surface area contributed by atoms with Crippen LogP contribution < -0.4 is 0 Å². The molecule has 6 atom stereocenters. The van der Waals surface area contributed by atoms with Crippen molar-refractivity contribution in [1.82, 2.24) is 20.0 Å². The Hall–Kier alpha value is -1.93. The molecular formula is C28H33Cl2F3N4O4S. The maximum atomic E-state index is 14.3. The number of halogens is 5. The van der Waals surface area contributed by atoms with E-state index in [9.17, 15) is 28.5 Å². The number of rotatable bonds is 7. The molecule has 230 valence electrons. The fourth-order valence-electron chi connectivity index (χ4n) is 6.23. The highest BCUT2D eigenvalue weighted by molar-refractivity contribution is 8.18. The third-order valence-corrected chi connectivity index (χ3v) is 12.8. The minimum Gasteiger partial charge on any atom is -0.395 e. The smallest absolute Gasteiger partial charge is 0.248 e. The van der Waals surface area contributed by atoms with Crippen LogP contribution in [0.25, 0.3) is 11.3 Å². The number of nitrogens with zero attached hydrogens (tertiary/aromatic N) is 4. The zero-order valence-electron chi connectivity index (χ0n) is 23.0. The molecule has 42 heavy (non-hydrogen) atoms. The van der Waals surface area contributed by atoms with Crippen LogP contribution in [0.2, 0.25) is 10.0 Å². The fraction of sp³-hybridized carbons (Fsp3) is 0.536. The fourth-order valence-corrected chi connectivity index (χ4v) is 10.4. The number of hydrogen-bond acceptors (Lipinski definition) is 7. The lowest BCUT2D eigenvalue weighted by atomic mass is 9.79. The lowest BCUT2D eigenvalue weighted by Gasteiger charge is -2.53. The van der Waals surface area contributed by atoms with Gasteiger partial charge < -0.3 is 20.1 Å². The number of aromatic nitrogens is 4. The van der Waals surface area contributed by atoms with Gasteiger partial charge in [0.05, 0.1) is 51.6 Å². The van der Waals surface area contributed by atoms with Gasteiger partial charge in [0.2, 0.25) is 5.92 Å². The first-order valence-electron chi connectivity index (χ1n) is 13.5. The molecule has 1 saturated carbocycles. The third-order valence-electron chi connectivity index (χ3n) is 8.52. The summed E-state index contributed by atoms with van der Waals surface area (Å²) in [6.45, 7) is 1.42. The number of aliphatic hydroxyl groups excluding tert-OH is 2. The quantitative estimate of drug-likeness (QED) is 0.209. The highest BCUT2D eigenvalue weighted by atomic mass is 35.5. The Balaban J connectivity index is 1.52. The summed E-state index contributed by atoms with van der Waals surface area (Å²) < 4.78 is 50.0. The topological polar surface area (TPSA) is 114 Å². The minimum atomic E-state index is -2.87. The molecule has 0 bridgehead atoms. The van der Waals surface area contributed by atoms with E-state index in [-0.39, 0.29) is 28.6 Å². The van der Waals surface area contributed by atoms with Gasteiger partial charge in [0.1, 0.15) is 17.6 Å². The van der Waals surface area contributed by atoms with E-state index in [0.717, 1.165) is 5.56 Å². The Morgan fingerprint density at radius 3 is 2.55 bits per heavy atom. The third kappa shape index (κ3) is 5.91. The standard InChI is InChI=1S/C28H33Cl2F3N4O4S/c1-15-4-3-9-34-23(15)26(27(40)5-7-28(32,33)8-6-27)42-14-20(41-2)24(25(39)21(42)13-38)37-12-19(35-36-37)16-10-17(29)22(30)18(31)11-16/h3-4,9-12,20-21,24-26,38-40,42H,5-8,13-14H2,1-2H3/t20-,21+,24+,25-,26+/m0/s1. The SMILES string of the molecule is CO[C@H]1C[SH]([C@H](c2ncccc2C)C2(O)CCC(F)(F)CC2)[C@H](CO)[C@H](O)[C@@H]1n1cc(-c2cc(F)c(Cl)c(Cl)c2)nn1. The summed E-state index contributed by atoms with van der Waals surface area (Å²) in [7, 11) is 0.0164. The summed E-state index contributed by atoms with van der Waals surface area (Å²) in [5.74, 6) is -3.27. The molecule has 2 aliphatic rings. The molecule has 2 fully saturated rings. The van der Waals surface area contributed by atoms with Crippen molar-refractivity contribution < 1.29 is 33.2 Å². The summed E-state index contributed by atoms with van der Waals surface area (Å²) in [5.41, 5.74) is 0.453. The second-order valence-electron chi connectivity index (χ2n) is 11.1. The van der Waals surface area contributed by atoms with Crippen molar-refractivity contribution >= 4 is 34.1 Å². The summed E-state index contributed by atoms with van der Waals surface area (Å²) in [6, 6.07) is 5.45. The number of alkyl halides is 2. The first kappa shape index (κ1) is 31.5. The molecule has 3 heterocycles. The van der Waals surface area contributed by atoms with E-state index in [2.05, 4.69) is 15.3 Å². The number of thiol groups is 1. The van der Waals surface area contributed by atoms with Crippen molar-refractivity contribution in [2.75, 3.05) is 19.5 Å². The molecule has 1 aliphatic heterocycles. The van der Waals surface area contributed by atoms with Crippen molar-refractivity contribution in [2.45, 2.75) is 72.9 Å². The maximum Gasteiger partial charge on any atom is 0.248 e. The second kappa shape index (κ2) is 12.2. The van der Waals surface area contributed by atoms with Crippen LogP contribution in [0.15, 0.2) is 36.7 Å². The van der Waals surface area contributed by atoms with Gasteiger partial charge in [0.25, 0.3) is 0 Å². The first-order valence-corrected chi connectivity index (χ1v) is 16.0. The van der Waals surface area contributed by atoms with Gasteiger partial charge in [0.15, 0.2) is 0 Å². The molecule has 5 rings (SSSR count). The average molecular weight is 650 g/mol. The van der Waals surface area contributed by atoms with Crippen molar-refractivity contribution in [2.24, 2.45) is 0 Å². The number of aliphatic hydroxyl groups is 3. The Bertz CT molecular complexity index is 1400. The van der Waals surface area contributed by atoms with Crippen molar-refractivity contribution in [3.05, 3.63) is 63.8 Å². The molecule has 1 unspecified atom stereocenters. The average Bonchev–Trinajstić information content (AvgIpc) is 3.44. The largest absolute Gasteiger partial charge is 0.395 e. The molecule has 0 radical (unpaired) electrons. The van der Waals surface area contributed by atoms with E-state index in [1.165, 1.54) is 30.1 Å². The lowest BCUT2D eigenvalue weighted by Crippen LogP contribution is -2.54. The van der Waals surface area contributed by atoms with Gasteiger partial charge in [-0.15, -0.1) is 5.10 Å². The molecule has 0 amide bonds. The molecule has 1 saturated heterocycles. The first-order chi connectivity index (χ1) is 19.9. The predicted octanol–water partition coefficient (Wildman–Crippen LogP) is 5.07. The monoisotopic (exact) mass is 648 g/mol. The lowest BCUT2D eigenvalue weighted by molar-refractivity contribution is -0.105. The molecule has 14 heteroatoms. The van der Waals surface area contributed by atoms with Crippen LogP contribution in [0, 0.1) is 12.7 Å². The zero-order valence-corrected chi connectivity index (χ0v) is 25.4. The van der Waals surface area contributed by atoms with E-state index in [1.54, 1.807) is 12.3 Å². The Kier molecular flexibility index (Phi) is 9.16. The van der Waals surface area contributed by atoms with Crippen LogP contribution in [0.1, 0.15) is 48.2 Å². The van der Waals surface area contributed by atoms with Gasteiger partial charge in [-0.1, -0.05) is 34.5 Å². The van der Waals surface area contributed by atoms with Crippen molar-refractivity contribution in [3.63, 3.8) is 0 Å². The number of hydrogen-bond donors (Lipinski definition) is 4. The number of pyridine rings is 1. The van der Waals surface area contributed by atoms with E-state index >= 15 is 0 Å².